The number of aryl methyl sites for hydroxylation is 1. The lowest BCUT2D eigenvalue weighted by molar-refractivity contribution is -0.137. The van der Waals surface area contributed by atoms with Gasteiger partial charge in [0.2, 0.25) is 5.91 Å². The first-order chi connectivity index (χ1) is 14.4. The zero-order valence-electron chi connectivity index (χ0n) is 15.5. The lowest BCUT2D eigenvalue weighted by Gasteiger charge is -2.17. The van der Waals surface area contributed by atoms with Gasteiger partial charge in [-0.05, 0) is 41.8 Å². The van der Waals surface area contributed by atoms with Gasteiger partial charge >= 0.3 is 6.18 Å². The van der Waals surface area contributed by atoms with Gasteiger partial charge in [0.1, 0.15) is 5.75 Å². The van der Waals surface area contributed by atoms with Crippen LogP contribution in [0.3, 0.4) is 0 Å². The van der Waals surface area contributed by atoms with Crippen molar-refractivity contribution in [3.05, 3.63) is 65.0 Å². The van der Waals surface area contributed by atoms with E-state index in [-0.39, 0.29) is 29.4 Å². The zero-order valence-corrected chi connectivity index (χ0v) is 16.3. The molecule has 1 aliphatic heterocycles. The molecular weight excluding hydrogens is 419 g/mol. The van der Waals surface area contributed by atoms with Crippen molar-refractivity contribution in [1.29, 1.82) is 0 Å². The number of thioether (sulfide) groups is 1. The lowest BCUT2D eigenvalue weighted by atomic mass is 10.0. The van der Waals surface area contributed by atoms with Gasteiger partial charge in [-0.1, -0.05) is 30.0 Å². The second kappa shape index (κ2) is 8.39. The molecular formula is C20H16F3N3O3S. The Hall–Kier alpha value is -3.01. The van der Waals surface area contributed by atoms with E-state index in [1.54, 1.807) is 18.2 Å². The maximum atomic E-state index is 12.8. The molecule has 6 nitrogen and oxygen atoms in total. The van der Waals surface area contributed by atoms with Crippen molar-refractivity contribution in [2.75, 3.05) is 5.32 Å². The lowest BCUT2D eigenvalue weighted by Crippen LogP contribution is -2.18. The van der Waals surface area contributed by atoms with Gasteiger partial charge in [-0.15, -0.1) is 10.2 Å². The minimum Gasteiger partial charge on any atom is -0.484 e. The Morgan fingerprint density at radius 3 is 2.83 bits per heavy atom. The molecule has 156 valence electrons. The van der Waals surface area contributed by atoms with Gasteiger partial charge in [0.15, 0.2) is 6.61 Å². The van der Waals surface area contributed by atoms with E-state index in [1.807, 2.05) is 6.07 Å². The first-order valence-corrected chi connectivity index (χ1v) is 10.0. The second-order valence-electron chi connectivity index (χ2n) is 6.60. The normalized spacial score (nSPS) is 13.6. The molecule has 4 rings (SSSR count). The van der Waals surface area contributed by atoms with Crippen molar-refractivity contribution in [3.8, 4) is 5.75 Å². The number of carbonyl (C=O) groups is 1. The SMILES string of the molecule is O=C1CCc2cc(OCc3nnc(SCc4cccc(C(F)(F)F)c4)o3)ccc2N1. The number of nitrogens with zero attached hydrogens (tertiary/aromatic N) is 2. The van der Waals surface area contributed by atoms with E-state index in [4.69, 9.17) is 9.15 Å². The summed E-state index contributed by atoms with van der Waals surface area (Å²) in [5.74, 6) is 1.13. The van der Waals surface area contributed by atoms with Crippen LogP contribution in [0, 0.1) is 0 Å². The van der Waals surface area contributed by atoms with E-state index in [2.05, 4.69) is 15.5 Å². The summed E-state index contributed by atoms with van der Waals surface area (Å²) in [7, 11) is 0. The molecule has 0 unspecified atom stereocenters. The van der Waals surface area contributed by atoms with Gasteiger partial charge in [-0.2, -0.15) is 13.2 Å². The van der Waals surface area contributed by atoms with Crippen molar-refractivity contribution in [1.82, 2.24) is 10.2 Å². The molecule has 30 heavy (non-hydrogen) atoms. The predicted octanol–water partition coefficient (Wildman–Crippen LogP) is 4.84. The first-order valence-electron chi connectivity index (χ1n) is 9.04. The van der Waals surface area contributed by atoms with E-state index in [0.717, 1.165) is 35.1 Å². The van der Waals surface area contributed by atoms with E-state index in [9.17, 15) is 18.0 Å². The minimum atomic E-state index is -4.38. The highest BCUT2D eigenvalue weighted by molar-refractivity contribution is 7.98. The summed E-state index contributed by atoms with van der Waals surface area (Å²) in [5.41, 5.74) is 1.59. The van der Waals surface area contributed by atoms with Crippen LogP contribution in [0.1, 0.15) is 29.0 Å². The van der Waals surface area contributed by atoms with Crippen molar-refractivity contribution in [3.63, 3.8) is 0 Å². The predicted molar refractivity (Wildman–Crippen MR) is 103 cm³/mol. The van der Waals surface area contributed by atoms with Crippen LogP contribution in [-0.2, 0) is 29.8 Å². The Morgan fingerprint density at radius 1 is 1.13 bits per heavy atom. The fraction of sp³-hybridized carbons (Fsp3) is 0.250. The third kappa shape index (κ3) is 4.93. The zero-order chi connectivity index (χ0) is 21.1. The number of anilines is 1. The van der Waals surface area contributed by atoms with Crippen molar-refractivity contribution >= 4 is 23.4 Å². The molecule has 1 aromatic heterocycles. The number of halogens is 3. The number of nitrogens with one attached hydrogen (secondary N) is 1. The minimum absolute atomic E-state index is 0.00260. The van der Waals surface area contributed by atoms with E-state index < -0.39 is 11.7 Å². The van der Waals surface area contributed by atoms with Crippen molar-refractivity contribution in [2.45, 2.75) is 36.6 Å². The molecule has 0 atom stereocenters. The van der Waals surface area contributed by atoms with Crippen LogP contribution >= 0.6 is 11.8 Å². The number of ether oxygens (including phenoxy) is 1. The van der Waals surface area contributed by atoms with E-state index >= 15 is 0 Å². The Labute approximate surface area is 173 Å². The first kappa shape index (κ1) is 20.3. The van der Waals surface area contributed by atoms with Crippen LogP contribution in [0.25, 0.3) is 0 Å². The molecule has 0 saturated carbocycles. The van der Waals surface area contributed by atoms with Gasteiger partial charge in [-0.3, -0.25) is 4.79 Å². The molecule has 0 radical (unpaired) electrons. The fourth-order valence-corrected chi connectivity index (χ4v) is 3.66. The average Bonchev–Trinajstić information content (AvgIpc) is 3.18. The summed E-state index contributed by atoms with van der Waals surface area (Å²) in [6, 6.07) is 10.5. The van der Waals surface area contributed by atoms with Crippen LogP contribution in [0.4, 0.5) is 18.9 Å². The highest BCUT2D eigenvalue weighted by Crippen LogP contribution is 2.31. The summed E-state index contributed by atoms with van der Waals surface area (Å²) >= 11 is 1.15. The van der Waals surface area contributed by atoms with Crippen molar-refractivity contribution < 1.29 is 27.1 Å². The number of aromatic nitrogens is 2. The van der Waals surface area contributed by atoms with Gasteiger partial charge < -0.3 is 14.5 Å². The number of fused-ring (bicyclic) bond motifs is 1. The summed E-state index contributed by atoms with van der Waals surface area (Å²) in [6.07, 6.45) is -3.29. The number of hydrogen-bond acceptors (Lipinski definition) is 6. The number of hydrogen-bond donors (Lipinski definition) is 1. The highest BCUT2D eigenvalue weighted by atomic mass is 32.2. The monoisotopic (exact) mass is 435 g/mol. The maximum Gasteiger partial charge on any atom is 0.416 e. The largest absolute Gasteiger partial charge is 0.484 e. The highest BCUT2D eigenvalue weighted by Gasteiger charge is 2.30. The topological polar surface area (TPSA) is 77.2 Å². The molecule has 1 amide bonds. The molecule has 0 bridgehead atoms. The van der Waals surface area contributed by atoms with Crippen LogP contribution < -0.4 is 10.1 Å². The Balaban J connectivity index is 1.32. The number of rotatable bonds is 6. The van der Waals surface area contributed by atoms with Gasteiger partial charge in [-0.25, -0.2) is 0 Å². The number of benzene rings is 2. The van der Waals surface area contributed by atoms with Crippen LogP contribution in [0.2, 0.25) is 0 Å². The average molecular weight is 435 g/mol. The van der Waals surface area contributed by atoms with Crippen molar-refractivity contribution in [2.24, 2.45) is 0 Å². The third-order valence-corrected chi connectivity index (χ3v) is 5.29. The van der Waals surface area contributed by atoms with E-state index in [0.29, 0.717) is 24.2 Å². The summed E-state index contributed by atoms with van der Waals surface area (Å²) < 4.78 is 49.5. The summed E-state index contributed by atoms with van der Waals surface area (Å²) in [4.78, 5) is 11.4. The number of carbonyl (C=O) groups excluding carboxylic acids is 1. The molecule has 0 fully saturated rings. The molecule has 1 aliphatic rings. The Kier molecular flexibility index (Phi) is 5.67. The Bertz CT molecular complexity index is 1070. The smallest absolute Gasteiger partial charge is 0.416 e. The Morgan fingerprint density at radius 2 is 2.00 bits per heavy atom. The summed E-state index contributed by atoms with van der Waals surface area (Å²) in [5, 5.41) is 10.8. The molecule has 2 heterocycles. The quantitative estimate of drug-likeness (QED) is 0.558. The van der Waals surface area contributed by atoms with Crippen LogP contribution in [-0.4, -0.2) is 16.1 Å². The van der Waals surface area contributed by atoms with E-state index in [1.165, 1.54) is 6.07 Å². The molecule has 0 aliphatic carbocycles. The number of alkyl halides is 3. The molecule has 10 heteroatoms. The maximum absolute atomic E-state index is 12.8. The molecule has 0 spiro atoms. The second-order valence-corrected chi connectivity index (χ2v) is 7.53. The molecule has 3 aromatic rings. The van der Waals surface area contributed by atoms with Crippen LogP contribution in [0.15, 0.2) is 52.1 Å². The van der Waals surface area contributed by atoms with Gasteiger partial charge in [0.05, 0.1) is 5.56 Å². The third-order valence-electron chi connectivity index (χ3n) is 4.40. The molecule has 1 N–H and O–H groups in total. The van der Waals surface area contributed by atoms with Crippen LogP contribution in [0.5, 0.6) is 5.75 Å². The number of amides is 1. The molecule has 2 aromatic carbocycles. The van der Waals surface area contributed by atoms with Gasteiger partial charge in [0.25, 0.3) is 11.1 Å². The fourth-order valence-electron chi connectivity index (χ4n) is 2.93. The van der Waals surface area contributed by atoms with Gasteiger partial charge in [0, 0.05) is 17.9 Å². The summed E-state index contributed by atoms with van der Waals surface area (Å²) in [6.45, 7) is 0.0578. The molecule has 0 saturated heterocycles. The standard InChI is InChI=1S/C20H16F3N3O3S/c21-20(22,23)14-3-1-2-12(8-14)11-30-19-26-25-18(29-19)10-28-15-5-6-16-13(9-15)4-7-17(27)24-16/h1-3,5-6,8-9H,4,7,10-11H2,(H,24,27).